The predicted octanol–water partition coefficient (Wildman–Crippen LogP) is 4.07. The van der Waals surface area contributed by atoms with Crippen molar-refractivity contribution in [2.75, 3.05) is 169 Å². The molecule has 5 heterocycles. The number of hydrogen-bond donors (Lipinski definition) is 4. The molecule has 0 bridgehead atoms. The highest BCUT2D eigenvalue weighted by molar-refractivity contribution is 8.00. The van der Waals surface area contributed by atoms with E-state index in [1.807, 2.05) is 62.1 Å². The van der Waals surface area contributed by atoms with Crippen LogP contribution in [0.5, 0.6) is 5.75 Å². The van der Waals surface area contributed by atoms with Crippen LogP contribution in [0.25, 0.3) is 0 Å². The molecule has 2 fully saturated rings. The summed E-state index contributed by atoms with van der Waals surface area (Å²) in [5.41, 5.74) is 3.50. The summed E-state index contributed by atoms with van der Waals surface area (Å²) < 4.78 is 68.9. The molecule has 3 aromatic heterocycles. The van der Waals surface area contributed by atoms with Gasteiger partial charge in [0, 0.05) is 52.9 Å². The number of nitrogens with zero attached hydrogens (tertiary/aromatic N) is 6. The monoisotopic (exact) mass is 1220 g/mol. The summed E-state index contributed by atoms with van der Waals surface area (Å²) >= 11 is 4.63. The molecule has 4 N–H and O–H groups in total. The summed E-state index contributed by atoms with van der Waals surface area (Å²) in [4.78, 5) is 50.3. The number of unbranched alkanes of at least 4 members (excludes halogenated alkanes) is 1. The third-order valence-electron chi connectivity index (χ3n) is 12.2. The number of carbonyl (C=O) groups is 3. The third kappa shape index (κ3) is 30.3. The van der Waals surface area contributed by atoms with Gasteiger partial charge in [-0.2, -0.15) is 11.8 Å². The first kappa shape index (κ1) is 67.5. The van der Waals surface area contributed by atoms with Gasteiger partial charge in [-0.05, 0) is 50.5 Å². The lowest BCUT2D eigenvalue weighted by Gasteiger charge is -2.16. The minimum Gasteiger partial charge on any atom is -0.487 e. The molecule has 3 unspecified atom stereocenters. The first-order chi connectivity index (χ1) is 40.8. The Morgan fingerprint density at radius 3 is 1.86 bits per heavy atom. The SMILES string of the molecule is Cc1cc(C)nc(SCC(=O)Nc2ncc(Cc3cccc(OCc4cn(CCOCCOCCOCCOCCOCCOCCOCCOCCOCCOCCOCCNC(=O)CCCCC5SCC6NC(=O)NC65)nn4)c3)s2)n1. The van der Waals surface area contributed by atoms with Crippen molar-refractivity contribution < 1.29 is 71.2 Å². The van der Waals surface area contributed by atoms with E-state index in [-0.39, 0.29) is 42.3 Å². The van der Waals surface area contributed by atoms with E-state index in [9.17, 15) is 14.4 Å². The Morgan fingerprint density at radius 2 is 1.27 bits per heavy atom. The van der Waals surface area contributed by atoms with Crippen molar-refractivity contribution in [3.8, 4) is 5.75 Å². The smallest absolute Gasteiger partial charge is 0.315 e. The zero-order valence-corrected chi connectivity index (χ0v) is 50.4. The van der Waals surface area contributed by atoms with Gasteiger partial charge in [0.2, 0.25) is 11.8 Å². The lowest BCUT2D eigenvalue weighted by molar-refractivity contribution is -0.121. The minimum atomic E-state index is -0.159. The number of anilines is 1. The Balaban J connectivity index is 0.600. The van der Waals surface area contributed by atoms with E-state index in [1.165, 1.54) is 23.1 Å². The average Bonchev–Trinajstić information content (AvgIpc) is 4.38. The molecule has 2 aliphatic heterocycles. The predicted molar refractivity (Wildman–Crippen MR) is 313 cm³/mol. The summed E-state index contributed by atoms with van der Waals surface area (Å²) in [5.74, 6) is 1.74. The molecule has 4 amide bonds. The van der Waals surface area contributed by atoms with Crippen LogP contribution in [-0.2, 0) is 81.3 Å². The van der Waals surface area contributed by atoms with E-state index in [4.69, 9.17) is 56.8 Å². The Kier molecular flexibility index (Phi) is 34.3. The number of carbonyl (C=O) groups excluding carboxylic acids is 3. The molecule has 83 heavy (non-hydrogen) atoms. The molecule has 1 aromatic carbocycles. The van der Waals surface area contributed by atoms with Crippen LogP contribution in [0.15, 0.2) is 47.9 Å². The molecule has 6 rings (SSSR count). The molecular weight excluding hydrogens is 1140 g/mol. The molecule has 28 heteroatoms. The number of aryl methyl sites for hydroxylation is 2. The van der Waals surface area contributed by atoms with Crippen LogP contribution in [-0.4, -0.2) is 229 Å². The number of nitrogens with one attached hydrogen (secondary N) is 4. The standard InChI is InChI=1S/C55H84N10O15S3/c1-42-34-43(2)59-55(58-42)82-41-51(67)61-54-57-37-47(83-54)36-44-6-5-7-46(35-44)80-39-45-38-65(64-63-45)11-13-70-15-17-72-19-21-74-23-25-76-27-29-78-31-33-79-32-30-77-28-26-75-24-22-73-20-18-71-16-14-69-12-10-56-50(66)9-4-3-8-49-52-48(40-81-49)60-53(68)62-52/h5-7,34-35,37-38,48-49,52H,3-4,8-33,36,39-41H2,1-2H3,(H,56,66)(H,57,61,67)(H2,60,62,68). The number of urea groups is 1. The summed E-state index contributed by atoms with van der Waals surface area (Å²) in [6, 6.07) is 10.1. The summed E-state index contributed by atoms with van der Waals surface area (Å²) in [6.45, 7) is 15.4. The summed E-state index contributed by atoms with van der Waals surface area (Å²) in [5, 5.41) is 21.7. The second-order valence-electron chi connectivity index (χ2n) is 18.9. The first-order valence-corrected chi connectivity index (χ1v) is 31.2. The van der Waals surface area contributed by atoms with Crippen LogP contribution in [0, 0.1) is 13.8 Å². The highest BCUT2D eigenvalue weighted by atomic mass is 32.2. The van der Waals surface area contributed by atoms with Gasteiger partial charge in [-0.3, -0.25) is 9.59 Å². The maximum absolute atomic E-state index is 12.5. The van der Waals surface area contributed by atoms with Crippen molar-refractivity contribution in [3.63, 3.8) is 0 Å². The second kappa shape index (κ2) is 42.2. The highest BCUT2D eigenvalue weighted by Crippen LogP contribution is 2.33. The number of fused-ring (bicyclic) bond motifs is 1. The second-order valence-corrected chi connectivity index (χ2v) is 22.3. The number of thioether (sulfide) groups is 2. The zero-order chi connectivity index (χ0) is 58.2. The Hall–Kier alpha value is -4.66. The van der Waals surface area contributed by atoms with Gasteiger partial charge >= 0.3 is 6.03 Å². The van der Waals surface area contributed by atoms with E-state index in [2.05, 4.69) is 46.5 Å². The van der Waals surface area contributed by atoms with Crippen molar-refractivity contribution in [1.29, 1.82) is 0 Å². The van der Waals surface area contributed by atoms with E-state index in [1.54, 1.807) is 10.9 Å². The topological polar surface area (TPSA) is 279 Å². The van der Waals surface area contributed by atoms with Gasteiger partial charge in [-0.15, -0.1) is 16.4 Å². The molecule has 25 nitrogen and oxygen atoms in total. The van der Waals surface area contributed by atoms with Crippen LogP contribution in [0.4, 0.5) is 9.93 Å². The number of amides is 4. The minimum absolute atomic E-state index is 0.0369. The van der Waals surface area contributed by atoms with Crippen LogP contribution < -0.4 is 26.0 Å². The summed E-state index contributed by atoms with van der Waals surface area (Å²) in [6.07, 6.45) is 7.57. The summed E-state index contributed by atoms with van der Waals surface area (Å²) in [7, 11) is 0. The van der Waals surface area contributed by atoms with E-state index < -0.39 is 0 Å². The average molecular weight is 1220 g/mol. The van der Waals surface area contributed by atoms with Gasteiger partial charge in [0.05, 0.1) is 176 Å². The van der Waals surface area contributed by atoms with Crippen molar-refractivity contribution in [2.24, 2.45) is 0 Å². The zero-order valence-electron chi connectivity index (χ0n) is 47.9. The molecule has 0 radical (unpaired) electrons. The molecule has 2 saturated heterocycles. The highest BCUT2D eigenvalue weighted by Gasteiger charge is 2.42. The molecule has 0 aliphatic carbocycles. The third-order valence-corrected chi connectivity index (χ3v) is 15.4. The molecule has 462 valence electrons. The number of benzene rings is 1. The van der Waals surface area contributed by atoms with Gasteiger partial charge < -0.3 is 78.1 Å². The Labute approximate surface area is 499 Å². The van der Waals surface area contributed by atoms with Gasteiger partial charge in [-0.25, -0.2) is 24.4 Å². The van der Waals surface area contributed by atoms with Crippen LogP contribution in [0.2, 0.25) is 0 Å². The first-order valence-electron chi connectivity index (χ1n) is 28.4. The number of hydrogen-bond acceptors (Lipinski definition) is 23. The Bertz CT molecular complexity index is 2390. The Morgan fingerprint density at radius 1 is 0.699 bits per heavy atom. The van der Waals surface area contributed by atoms with Gasteiger partial charge in [0.15, 0.2) is 10.3 Å². The van der Waals surface area contributed by atoms with Gasteiger partial charge in [0.25, 0.3) is 0 Å². The maximum Gasteiger partial charge on any atom is 0.315 e. The van der Waals surface area contributed by atoms with Crippen molar-refractivity contribution in [1.82, 2.24) is 45.9 Å². The lowest BCUT2D eigenvalue weighted by Crippen LogP contribution is -2.36. The van der Waals surface area contributed by atoms with Crippen molar-refractivity contribution in [3.05, 3.63) is 70.2 Å². The van der Waals surface area contributed by atoms with E-state index in [0.717, 1.165) is 52.6 Å². The van der Waals surface area contributed by atoms with Crippen LogP contribution in [0.1, 0.15) is 53.2 Å². The molecular formula is C55H84N10O15S3. The van der Waals surface area contributed by atoms with Crippen LogP contribution >= 0.6 is 34.9 Å². The quantitative estimate of drug-likeness (QED) is 0.0210. The largest absolute Gasteiger partial charge is 0.487 e. The van der Waals surface area contributed by atoms with Gasteiger partial charge in [0.1, 0.15) is 18.1 Å². The maximum atomic E-state index is 12.5. The number of ether oxygens (including phenoxy) is 12. The molecule has 3 atom stereocenters. The lowest BCUT2D eigenvalue weighted by atomic mass is 10.0. The molecule has 2 aliphatic rings. The fourth-order valence-corrected chi connectivity index (χ4v) is 11.3. The fourth-order valence-electron chi connectivity index (χ4n) is 8.19. The molecule has 4 aromatic rings. The molecule has 0 saturated carbocycles. The van der Waals surface area contributed by atoms with Gasteiger partial charge in [-0.1, -0.05) is 35.5 Å². The molecule has 0 spiro atoms. The van der Waals surface area contributed by atoms with E-state index in [0.29, 0.717) is 193 Å². The number of aromatic nitrogens is 6. The van der Waals surface area contributed by atoms with E-state index >= 15 is 0 Å². The van der Waals surface area contributed by atoms with Crippen molar-refractivity contribution >= 4 is 57.8 Å². The number of rotatable bonds is 50. The van der Waals surface area contributed by atoms with Crippen LogP contribution in [0.3, 0.4) is 0 Å². The normalized spacial score (nSPS) is 15.6. The fraction of sp³-hybridized carbons (Fsp3) is 0.673. The van der Waals surface area contributed by atoms with Crippen molar-refractivity contribution in [2.45, 2.75) is 81.6 Å². The number of thiazole rings is 1.